The zero-order chi connectivity index (χ0) is 6.91. The van der Waals surface area contributed by atoms with Crippen LogP contribution < -0.4 is 5.14 Å². The summed E-state index contributed by atoms with van der Waals surface area (Å²) < 4.78 is 21.3. The maximum absolute atomic E-state index is 10.4. The third kappa shape index (κ3) is 1.41. The summed E-state index contributed by atoms with van der Waals surface area (Å²) in [6.45, 7) is 0.260. The van der Waals surface area contributed by atoms with Crippen molar-refractivity contribution in [2.24, 2.45) is 5.14 Å². The van der Waals surface area contributed by atoms with Gasteiger partial charge in [0.1, 0.15) is 0 Å². The van der Waals surface area contributed by atoms with Crippen molar-refractivity contribution in [1.82, 2.24) is 4.47 Å². The number of rotatable bonds is 1. The molecule has 0 fully saturated rings. The van der Waals surface area contributed by atoms with Gasteiger partial charge in [-0.2, -0.15) is 8.42 Å². The lowest BCUT2D eigenvalue weighted by Gasteiger charge is -2.08. The number of nitrogens with two attached hydrogens (primary N) is 1. The number of hydrogen-bond acceptors (Lipinski definition) is 3. The van der Waals surface area contributed by atoms with E-state index in [2.05, 4.69) is 9.98 Å². The molecule has 1 aliphatic heterocycles. The molecule has 1 aliphatic rings. The van der Waals surface area contributed by atoms with E-state index in [1.54, 1.807) is 6.08 Å². The van der Waals surface area contributed by atoms with Gasteiger partial charge in [-0.1, -0.05) is 0 Å². The highest BCUT2D eigenvalue weighted by atomic mass is 32.2. The standard InChI is InChI=1S/C3H6N2O3S/c4-9(6,7)5-2-1-3-8-5/h1-2H,3H2,(H2,4,6,7). The second-order valence-electron chi connectivity index (χ2n) is 1.48. The Bertz CT molecular complexity index is 219. The minimum absolute atomic E-state index is 0.260. The van der Waals surface area contributed by atoms with Gasteiger partial charge in [-0.3, -0.25) is 4.84 Å². The fourth-order valence-corrected chi connectivity index (χ4v) is 0.910. The van der Waals surface area contributed by atoms with Crippen LogP contribution in [-0.2, 0) is 15.0 Å². The second kappa shape index (κ2) is 1.98. The maximum Gasteiger partial charge on any atom is 0.321 e. The lowest BCUT2D eigenvalue weighted by molar-refractivity contribution is -0.0111. The SMILES string of the molecule is NS(=O)(=O)N1C=CCO1. The molecular formula is C3H6N2O3S. The van der Waals surface area contributed by atoms with Crippen LogP contribution in [0, 0.1) is 0 Å². The van der Waals surface area contributed by atoms with Crippen molar-refractivity contribution in [3.05, 3.63) is 12.3 Å². The average molecular weight is 150 g/mol. The summed E-state index contributed by atoms with van der Waals surface area (Å²) >= 11 is 0. The molecule has 0 aromatic rings. The van der Waals surface area contributed by atoms with Gasteiger partial charge in [0.15, 0.2) is 0 Å². The van der Waals surface area contributed by atoms with Gasteiger partial charge >= 0.3 is 10.2 Å². The monoisotopic (exact) mass is 150 g/mol. The molecule has 0 aliphatic carbocycles. The van der Waals surface area contributed by atoms with Gasteiger partial charge < -0.3 is 0 Å². The summed E-state index contributed by atoms with van der Waals surface area (Å²) in [7, 11) is -3.68. The van der Waals surface area contributed by atoms with Crippen molar-refractivity contribution >= 4 is 10.2 Å². The average Bonchev–Trinajstić information content (AvgIpc) is 2.08. The van der Waals surface area contributed by atoms with Crippen molar-refractivity contribution in [2.45, 2.75) is 0 Å². The molecular weight excluding hydrogens is 144 g/mol. The van der Waals surface area contributed by atoms with Crippen LogP contribution in [-0.4, -0.2) is 19.5 Å². The maximum atomic E-state index is 10.4. The van der Waals surface area contributed by atoms with Gasteiger partial charge in [-0.15, -0.1) is 4.47 Å². The molecule has 0 aromatic carbocycles. The number of hydrogen-bond donors (Lipinski definition) is 1. The topological polar surface area (TPSA) is 72.6 Å². The molecule has 0 spiro atoms. The molecule has 0 saturated carbocycles. The van der Waals surface area contributed by atoms with Gasteiger partial charge in [0.25, 0.3) is 0 Å². The molecule has 0 amide bonds. The molecule has 0 unspecified atom stereocenters. The Hall–Kier alpha value is -0.590. The Balaban J connectivity index is 2.76. The van der Waals surface area contributed by atoms with E-state index in [1.807, 2.05) is 0 Å². The second-order valence-corrected chi connectivity index (χ2v) is 2.87. The molecule has 2 N–H and O–H groups in total. The third-order valence-corrected chi connectivity index (χ3v) is 1.50. The van der Waals surface area contributed by atoms with Gasteiger partial charge in [-0.05, 0) is 6.08 Å². The quantitative estimate of drug-likeness (QED) is 0.518. The zero-order valence-corrected chi connectivity index (χ0v) is 5.34. The Morgan fingerprint density at radius 2 is 2.33 bits per heavy atom. The molecule has 1 heterocycles. The molecule has 5 nitrogen and oxygen atoms in total. The molecule has 52 valence electrons. The van der Waals surface area contributed by atoms with Crippen LogP contribution in [0.4, 0.5) is 0 Å². The van der Waals surface area contributed by atoms with Crippen LogP contribution in [0.25, 0.3) is 0 Å². The lowest BCUT2D eigenvalue weighted by Crippen LogP contribution is -2.30. The van der Waals surface area contributed by atoms with E-state index in [9.17, 15) is 8.42 Å². The van der Waals surface area contributed by atoms with Crippen molar-refractivity contribution in [3.63, 3.8) is 0 Å². The van der Waals surface area contributed by atoms with Crippen molar-refractivity contribution in [3.8, 4) is 0 Å². The van der Waals surface area contributed by atoms with Gasteiger partial charge in [0, 0.05) is 6.20 Å². The molecule has 0 radical (unpaired) electrons. The fourth-order valence-electron chi connectivity index (χ4n) is 0.447. The molecule has 0 bridgehead atoms. The predicted octanol–water partition coefficient (Wildman–Crippen LogP) is -1.05. The molecule has 0 saturated heterocycles. The lowest BCUT2D eigenvalue weighted by atomic mass is 10.7. The van der Waals surface area contributed by atoms with Gasteiger partial charge in [0.05, 0.1) is 6.61 Å². The highest BCUT2D eigenvalue weighted by Crippen LogP contribution is 2.03. The van der Waals surface area contributed by atoms with Gasteiger partial charge in [0.2, 0.25) is 0 Å². The van der Waals surface area contributed by atoms with Crippen molar-refractivity contribution in [2.75, 3.05) is 6.61 Å². The van der Waals surface area contributed by atoms with E-state index >= 15 is 0 Å². The van der Waals surface area contributed by atoms with E-state index in [1.165, 1.54) is 6.20 Å². The number of hydroxylamine groups is 1. The summed E-state index contributed by atoms with van der Waals surface area (Å²) in [6, 6.07) is 0. The molecule has 0 aromatic heterocycles. The minimum atomic E-state index is -3.68. The number of nitrogens with zero attached hydrogens (tertiary/aromatic N) is 1. The highest BCUT2D eigenvalue weighted by Gasteiger charge is 2.15. The molecule has 0 atom stereocenters. The first-order chi connectivity index (χ1) is 4.11. The van der Waals surface area contributed by atoms with E-state index < -0.39 is 10.2 Å². The van der Waals surface area contributed by atoms with E-state index in [0.29, 0.717) is 4.47 Å². The normalized spacial score (nSPS) is 19.0. The van der Waals surface area contributed by atoms with Crippen molar-refractivity contribution in [1.29, 1.82) is 0 Å². The van der Waals surface area contributed by atoms with E-state index in [4.69, 9.17) is 0 Å². The van der Waals surface area contributed by atoms with Crippen LogP contribution in [0.5, 0.6) is 0 Å². The smallest absolute Gasteiger partial charge is 0.254 e. The largest absolute Gasteiger partial charge is 0.321 e. The molecule has 9 heavy (non-hydrogen) atoms. The third-order valence-electron chi connectivity index (χ3n) is 0.776. The minimum Gasteiger partial charge on any atom is -0.254 e. The van der Waals surface area contributed by atoms with E-state index in [0.717, 1.165) is 0 Å². The first-order valence-electron chi connectivity index (χ1n) is 2.22. The highest BCUT2D eigenvalue weighted by molar-refractivity contribution is 7.86. The van der Waals surface area contributed by atoms with Crippen LogP contribution in [0.1, 0.15) is 0 Å². The Kier molecular flexibility index (Phi) is 1.43. The van der Waals surface area contributed by atoms with Gasteiger partial charge in [-0.25, -0.2) is 5.14 Å². The predicted molar refractivity (Wildman–Crippen MR) is 30.0 cm³/mol. The van der Waals surface area contributed by atoms with Crippen LogP contribution >= 0.6 is 0 Å². The summed E-state index contributed by atoms with van der Waals surface area (Å²) in [5, 5.41) is 4.66. The molecule has 1 rings (SSSR count). The summed E-state index contributed by atoms with van der Waals surface area (Å²) in [6.07, 6.45) is 2.81. The Labute approximate surface area is 52.8 Å². The Morgan fingerprint density at radius 1 is 1.67 bits per heavy atom. The van der Waals surface area contributed by atoms with Crippen LogP contribution in [0.2, 0.25) is 0 Å². The van der Waals surface area contributed by atoms with E-state index in [-0.39, 0.29) is 6.61 Å². The summed E-state index contributed by atoms with van der Waals surface area (Å²) in [4.78, 5) is 4.53. The summed E-state index contributed by atoms with van der Waals surface area (Å²) in [5.74, 6) is 0. The van der Waals surface area contributed by atoms with Crippen LogP contribution in [0.3, 0.4) is 0 Å². The first kappa shape index (κ1) is 6.53. The zero-order valence-electron chi connectivity index (χ0n) is 4.52. The first-order valence-corrected chi connectivity index (χ1v) is 3.73. The van der Waals surface area contributed by atoms with Crippen molar-refractivity contribution < 1.29 is 13.3 Å². The fraction of sp³-hybridized carbons (Fsp3) is 0.333. The van der Waals surface area contributed by atoms with Crippen LogP contribution in [0.15, 0.2) is 12.3 Å². The summed E-state index contributed by atoms with van der Waals surface area (Å²) in [5.41, 5.74) is 0. The Morgan fingerprint density at radius 3 is 2.56 bits per heavy atom. The molecule has 6 heteroatoms.